The summed E-state index contributed by atoms with van der Waals surface area (Å²) in [6.45, 7) is 0.275. The number of aliphatic hydroxyl groups is 1. The van der Waals surface area contributed by atoms with Crippen molar-refractivity contribution in [1.29, 1.82) is 0 Å². The SMILES string of the molecule is O=S(=O)(O)CCNc1ncnc(Nc2ccc(C=Cc3ccc(Nc4nc(/N=C\CSOOO)nc(NCCOCCO)n4)cc3S(=O)(=O)O)c(SOOO)c2)n1. The van der Waals surface area contributed by atoms with E-state index in [0.29, 0.717) is 28.2 Å². The van der Waals surface area contributed by atoms with Crippen LogP contribution in [0.15, 0.2) is 57.5 Å². The van der Waals surface area contributed by atoms with Crippen LogP contribution >= 0.6 is 24.1 Å². The molecule has 0 atom stereocenters. The molecule has 2 aromatic heterocycles. The minimum Gasteiger partial charge on any atom is -0.394 e. The molecule has 308 valence electrons. The number of ether oxygens (including phenoxy) is 1. The van der Waals surface area contributed by atoms with Crippen molar-refractivity contribution in [2.45, 2.75) is 9.79 Å². The van der Waals surface area contributed by atoms with Crippen molar-refractivity contribution >= 4 is 104 Å². The Bertz CT molecular complexity index is 2210. The lowest BCUT2D eigenvalue weighted by Crippen LogP contribution is -2.16. The minimum atomic E-state index is -4.80. The molecule has 25 nitrogen and oxygen atoms in total. The van der Waals surface area contributed by atoms with Crippen LogP contribution in [-0.2, 0) is 43.7 Å². The molecule has 9 N–H and O–H groups in total. The van der Waals surface area contributed by atoms with Crippen molar-refractivity contribution in [2.24, 2.45) is 4.99 Å². The lowest BCUT2D eigenvalue weighted by Gasteiger charge is -2.11. The Morgan fingerprint density at radius 3 is 2.18 bits per heavy atom. The van der Waals surface area contributed by atoms with E-state index in [2.05, 4.69) is 74.9 Å². The standard InChI is InChI=1S/C28H33N11O14S4/c40-10-12-49-11-7-29-25-37-26(30-8-13-54-52-50-41)39-28(38-25)35-21-6-4-19(23(16-21)57(46,47)48)2-1-18-3-5-20(15-22(18)55-53-51-42)34-27-33-17-32-24(36-27)31-9-14-56(43,44)45/h1-6,8,15-17,40-42H,7,9-14H2,(H,43,44,45)(H,46,47,48)(H2,29,35,37,38,39)(H2,31,32,33,34,36)/b2-1?,30-8-. The Balaban J connectivity index is 1.56. The summed E-state index contributed by atoms with van der Waals surface area (Å²) in [6.07, 6.45) is 5.42. The lowest BCUT2D eigenvalue weighted by atomic mass is 10.1. The summed E-state index contributed by atoms with van der Waals surface area (Å²) < 4.78 is 80.2. The summed E-state index contributed by atoms with van der Waals surface area (Å²) in [7, 11) is -9.00. The number of benzene rings is 2. The fourth-order valence-corrected chi connectivity index (χ4v) is 5.99. The van der Waals surface area contributed by atoms with E-state index in [4.69, 9.17) is 24.9 Å². The number of hydrogen-bond acceptors (Lipinski definition) is 25. The number of nitrogens with zero attached hydrogens (tertiary/aromatic N) is 7. The average molecular weight is 876 g/mol. The molecule has 29 heteroatoms. The van der Waals surface area contributed by atoms with E-state index >= 15 is 0 Å². The molecule has 0 amide bonds. The van der Waals surface area contributed by atoms with Gasteiger partial charge in [0.1, 0.15) is 11.2 Å². The Morgan fingerprint density at radius 2 is 1.44 bits per heavy atom. The first-order valence-electron chi connectivity index (χ1n) is 15.7. The van der Waals surface area contributed by atoms with Crippen LogP contribution < -0.4 is 21.3 Å². The van der Waals surface area contributed by atoms with Crippen LogP contribution in [0.2, 0.25) is 0 Å². The van der Waals surface area contributed by atoms with Gasteiger partial charge in [0.2, 0.25) is 23.8 Å². The minimum absolute atomic E-state index is 0.0246. The molecule has 57 heavy (non-hydrogen) atoms. The summed E-state index contributed by atoms with van der Waals surface area (Å²) in [5.74, 6) is -0.420. The second-order valence-corrected chi connectivity index (χ2v) is 14.8. The Kier molecular flexibility index (Phi) is 18.0. The monoisotopic (exact) mass is 875 g/mol. The van der Waals surface area contributed by atoms with E-state index in [0.717, 1.165) is 24.4 Å². The quantitative estimate of drug-likeness (QED) is 0.00879. The van der Waals surface area contributed by atoms with Gasteiger partial charge in [0.05, 0.1) is 43.4 Å². The number of hydrogen-bond donors (Lipinski definition) is 9. The van der Waals surface area contributed by atoms with Crippen LogP contribution in [0.1, 0.15) is 11.1 Å². The topological polar surface area (TPSA) is 353 Å². The molecule has 0 aliphatic carbocycles. The summed E-state index contributed by atoms with van der Waals surface area (Å²) in [4.78, 5) is 28.6. The number of rotatable bonds is 25. The molecule has 0 spiro atoms. The van der Waals surface area contributed by atoms with Crippen LogP contribution in [0.5, 0.6) is 0 Å². The van der Waals surface area contributed by atoms with Gasteiger partial charge in [-0.05, 0) is 35.4 Å². The Morgan fingerprint density at radius 1 is 0.772 bits per heavy atom. The highest BCUT2D eigenvalue weighted by molar-refractivity contribution is 7.95. The van der Waals surface area contributed by atoms with Crippen molar-refractivity contribution in [1.82, 2.24) is 29.9 Å². The highest BCUT2D eigenvalue weighted by atomic mass is 32.2. The summed E-state index contributed by atoms with van der Waals surface area (Å²) in [6, 6.07) is 8.78. The second kappa shape index (κ2) is 22.9. The first-order valence-corrected chi connectivity index (χ1v) is 20.4. The Labute approximate surface area is 332 Å². The molecule has 0 aliphatic heterocycles. The van der Waals surface area contributed by atoms with Crippen molar-refractivity contribution in [3.05, 3.63) is 53.9 Å². The van der Waals surface area contributed by atoms with Gasteiger partial charge in [-0.2, -0.15) is 36.8 Å². The van der Waals surface area contributed by atoms with Gasteiger partial charge in [-0.25, -0.2) is 25.5 Å². The molecule has 4 rings (SSSR count). The molecule has 2 heterocycles. The molecule has 2 aromatic carbocycles. The van der Waals surface area contributed by atoms with Crippen LogP contribution in [0, 0.1) is 0 Å². The zero-order valence-corrected chi connectivity index (χ0v) is 32.2. The van der Waals surface area contributed by atoms with Crippen LogP contribution in [0.3, 0.4) is 0 Å². The van der Waals surface area contributed by atoms with Gasteiger partial charge in [0, 0.05) is 47.6 Å². The smallest absolute Gasteiger partial charge is 0.295 e. The van der Waals surface area contributed by atoms with Crippen molar-refractivity contribution in [3.63, 3.8) is 0 Å². The van der Waals surface area contributed by atoms with Gasteiger partial charge in [-0.1, -0.05) is 34.4 Å². The third-order valence-corrected chi connectivity index (χ3v) is 9.18. The third kappa shape index (κ3) is 16.3. The van der Waals surface area contributed by atoms with Gasteiger partial charge < -0.3 is 31.1 Å². The highest BCUT2D eigenvalue weighted by Crippen LogP contribution is 2.31. The number of aliphatic hydroxyl groups excluding tert-OH is 1. The van der Waals surface area contributed by atoms with Crippen LogP contribution in [-0.4, -0.2) is 122 Å². The molecule has 0 saturated heterocycles. The number of anilines is 6. The fraction of sp³-hybridized carbons (Fsp3) is 0.250. The first-order chi connectivity index (χ1) is 27.4. The highest BCUT2D eigenvalue weighted by Gasteiger charge is 2.17. The molecule has 0 unspecified atom stereocenters. The predicted octanol–water partition coefficient (Wildman–Crippen LogP) is 2.88. The van der Waals surface area contributed by atoms with Gasteiger partial charge in [-0.3, -0.25) is 9.11 Å². The molecule has 0 aliphatic rings. The van der Waals surface area contributed by atoms with Crippen molar-refractivity contribution in [3.8, 4) is 0 Å². The molecule has 0 bridgehead atoms. The first kappa shape index (κ1) is 45.0. The average Bonchev–Trinajstić information content (AvgIpc) is 3.16. The maximum Gasteiger partial charge on any atom is 0.295 e. The fourth-order valence-electron chi connectivity index (χ4n) is 4.18. The van der Waals surface area contributed by atoms with Gasteiger partial charge in [0.15, 0.2) is 0 Å². The van der Waals surface area contributed by atoms with E-state index in [1.165, 1.54) is 30.5 Å². The number of aromatic nitrogens is 6. The van der Waals surface area contributed by atoms with Crippen LogP contribution in [0.25, 0.3) is 12.2 Å². The molecule has 4 aromatic rings. The molecular formula is C28H33N11O14S4. The second-order valence-electron chi connectivity index (χ2n) is 10.4. The molecular weight excluding hydrogens is 843 g/mol. The van der Waals surface area contributed by atoms with E-state index in [-0.39, 0.29) is 79.7 Å². The lowest BCUT2D eigenvalue weighted by molar-refractivity contribution is -0.432. The van der Waals surface area contributed by atoms with Crippen molar-refractivity contribution < 1.29 is 65.0 Å². The zero-order chi connectivity index (χ0) is 41.1. The number of nitrogens with one attached hydrogen (secondary N) is 4. The van der Waals surface area contributed by atoms with Gasteiger partial charge in [0.25, 0.3) is 26.2 Å². The molecule has 0 fully saturated rings. The predicted molar refractivity (Wildman–Crippen MR) is 205 cm³/mol. The Hall–Kier alpha value is -4.73. The molecule has 0 radical (unpaired) electrons. The maximum absolute atomic E-state index is 12.5. The summed E-state index contributed by atoms with van der Waals surface area (Å²) in [5.41, 5.74) is 1.06. The van der Waals surface area contributed by atoms with E-state index in [9.17, 15) is 21.4 Å². The maximum atomic E-state index is 12.5. The van der Waals surface area contributed by atoms with E-state index in [1.54, 1.807) is 18.2 Å². The normalized spacial score (nSPS) is 12.0. The third-order valence-electron chi connectivity index (χ3n) is 6.45. The van der Waals surface area contributed by atoms with Gasteiger partial charge >= 0.3 is 0 Å². The molecule has 0 saturated carbocycles. The van der Waals surface area contributed by atoms with E-state index in [1.807, 2.05) is 0 Å². The van der Waals surface area contributed by atoms with Crippen molar-refractivity contribution in [2.75, 3.05) is 65.7 Å². The van der Waals surface area contributed by atoms with E-state index < -0.39 is 30.9 Å². The number of aliphatic imine (C=N–C) groups is 1. The largest absolute Gasteiger partial charge is 0.394 e. The summed E-state index contributed by atoms with van der Waals surface area (Å²) in [5, 5.41) is 44.6. The summed E-state index contributed by atoms with van der Waals surface area (Å²) >= 11 is 1.31. The van der Waals surface area contributed by atoms with Gasteiger partial charge in [-0.15, -0.1) is 8.67 Å². The van der Waals surface area contributed by atoms with Crippen LogP contribution in [0.4, 0.5) is 41.1 Å². The zero-order valence-electron chi connectivity index (χ0n) is 28.9.